The zero-order valence-electron chi connectivity index (χ0n) is 13.9. The average molecular weight is 332 g/mol. The van der Waals surface area contributed by atoms with Gasteiger partial charge in [0.05, 0.1) is 31.1 Å². The lowest BCUT2D eigenvalue weighted by Gasteiger charge is -2.46. The maximum atomic E-state index is 11.8. The first-order valence-corrected chi connectivity index (χ1v) is 9.89. The molecule has 0 radical (unpaired) electrons. The molecule has 128 valence electrons. The van der Waals surface area contributed by atoms with Crippen molar-refractivity contribution in [2.45, 2.75) is 46.0 Å². The second-order valence-corrected chi connectivity index (χ2v) is 8.74. The molecule has 7 nitrogen and oxygen atoms in total. The van der Waals surface area contributed by atoms with E-state index in [1.165, 1.54) is 6.92 Å². The molecule has 3 aliphatic rings. The van der Waals surface area contributed by atoms with Crippen LogP contribution in [0, 0.1) is 0 Å². The summed E-state index contributed by atoms with van der Waals surface area (Å²) < 4.78 is 18.6. The maximum Gasteiger partial charge on any atom is 0.522 e. The van der Waals surface area contributed by atoms with Crippen molar-refractivity contribution in [3.05, 3.63) is 0 Å². The van der Waals surface area contributed by atoms with E-state index in [-0.39, 0.29) is 37.4 Å². The number of rotatable bonds is 4. The van der Waals surface area contributed by atoms with Crippen molar-refractivity contribution in [2.24, 2.45) is 0 Å². The van der Waals surface area contributed by atoms with Crippen LogP contribution in [0.1, 0.15) is 27.7 Å². The van der Waals surface area contributed by atoms with E-state index < -0.39 is 8.80 Å². The van der Waals surface area contributed by atoms with Crippen LogP contribution in [0.3, 0.4) is 0 Å². The average Bonchev–Trinajstić information content (AvgIpc) is 2.33. The number of aliphatic hydroxyl groups is 1. The van der Waals surface area contributed by atoms with Gasteiger partial charge in [0, 0.05) is 33.1 Å². The van der Waals surface area contributed by atoms with E-state index in [4.69, 9.17) is 13.3 Å². The van der Waals surface area contributed by atoms with E-state index in [9.17, 15) is 9.90 Å². The van der Waals surface area contributed by atoms with Gasteiger partial charge in [-0.05, 0) is 20.8 Å². The summed E-state index contributed by atoms with van der Waals surface area (Å²) in [6.07, 6.45) is 0.279. The van der Waals surface area contributed by atoms with E-state index in [0.717, 1.165) is 19.6 Å². The third-order valence-electron chi connectivity index (χ3n) is 3.89. The molecule has 3 rings (SSSR count). The summed E-state index contributed by atoms with van der Waals surface area (Å²) in [7, 11) is -3.01. The number of fused-ring (bicyclic) bond motifs is 6. The lowest BCUT2D eigenvalue weighted by Crippen LogP contribution is -2.66. The highest BCUT2D eigenvalue weighted by atomic mass is 28.4. The molecule has 3 aliphatic heterocycles. The van der Waals surface area contributed by atoms with Crippen LogP contribution in [-0.2, 0) is 18.1 Å². The molecule has 0 saturated carbocycles. The molecule has 3 heterocycles. The summed E-state index contributed by atoms with van der Waals surface area (Å²) >= 11 is 0. The minimum absolute atomic E-state index is 0.00500. The molecule has 0 aromatic carbocycles. The second kappa shape index (κ2) is 7.37. The molecule has 3 saturated heterocycles. The monoisotopic (exact) mass is 332 g/mol. The van der Waals surface area contributed by atoms with Crippen LogP contribution in [0.2, 0.25) is 0 Å². The van der Waals surface area contributed by atoms with Crippen LogP contribution in [0.4, 0.5) is 0 Å². The molecule has 22 heavy (non-hydrogen) atoms. The smallest absolute Gasteiger partial charge is 0.395 e. The van der Waals surface area contributed by atoms with Gasteiger partial charge in [-0.2, -0.15) is 0 Å². The van der Waals surface area contributed by atoms with E-state index in [2.05, 4.69) is 4.90 Å². The summed E-state index contributed by atoms with van der Waals surface area (Å²) in [5.74, 6) is -0.106. The Morgan fingerprint density at radius 1 is 1.14 bits per heavy atom. The second-order valence-electron chi connectivity index (χ2n) is 6.35. The van der Waals surface area contributed by atoms with Crippen LogP contribution in [-0.4, -0.2) is 86.9 Å². The van der Waals surface area contributed by atoms with Crippen molar-refractivity contribution in [3.63, 3.8) is 0 Å². The molecule has 2 bridgehead atoms. The zero-order valence-corrected chi connectivity index (χ0v) is 14.9. The lowest BCUT2D eigenvalue weighted by atomic mass is 10.2. The molecule has 0 spiro atoms. The molecule has 0 aromatic rings. The Balaban J connectivity index is 2.25. The highest BCUT2D eigenvalue weighted by Crippen LogP contribution is 2.25. The molecule has 3 fully saturated rings. The third kappa shape index (κ3) is 4.50. The van der Waals surface area contributed by atoms with Crippen molar-refractivity contribution in [3.8, 4) is 0 Å². The number of aliphatic hydroxyl groups excluding tert-OH is 1. The molecule has 8 heteroatoms. The number of carbonyl (C=O) groups excluding carboxylic acids is 1. The molecule has 0 unspecified atom stereocenters. The van der Waals surface area contributed by atoms with Gasteiger partial charge in [-0.25, -0.2) is 0 Å². The van der Waals surface area contributed by atoms with Crippen molar-refractivity contribution in [2.75, 3.05) is 39.0 Å². The molecular weight excluding hydrogens is 304 g/mol. The lowest BCUT2D eigenvalue weighted by molar-refractivity contribution is -0.131. The minimum atomic E-state index is -3.01. The Kier molecular flexibility index (Phi) is 5.98. The fourth-order valence-electron chi connectivity index (χ4n) is 3.24. The van der Waals surface area contributed by atoms with E-state index in [1.54, 1.807) is 4.90 Å². The Labute approximate surface area is 133 Å². The van der Waals surface area contributed by atoms with Gasteiger partial charge in [0.15, 0.2) is 0 Å². The largest absolute Gasteiger partial charge is 0.522 e. The maximum absolute atomic E-state index is 11.8. The first kappa shape index (κ1) is 17.8. The zero-order chi connectivity index (χ0) is 16.3. The van der Waals surface area contributed by atoms with Crippen molar-refractivity contribution < 1.29 is 23.2 Å². The third-order valence-corrected chi connectivity index (χ3v) is 6.94. The van der Waals surface area contributed by atoms with Gasteiger partial charge in [-0.1, -0.05) is 0 Å². The van der Waals surface area contributed by atoms with Gasteiger partial charge in [0.25, 0.3) is 0 Å². The Morgan fingerprint density at radius 3 is 1.95 bits per heavy atom. The van der Waals surface area contributed by atoms with Gasteiger partial charge in [-0.15, -0.1) is 0 Å². The van der Waals surface area contributed by atoms with Crippen LogP contribution in [0.25, 0.3) is 0 Å². The Hall–Kier alpha value is -0.513. The summed E-state index contributed by atoms with van der Waals surface area (Å²) in [4.78, 5) is 15.7. The minimum Gasteiger partial charge on any atom is -0.395 e. The molecular formula is C14H28N2O5Si. The topological polar surface area (TPSA) is 71.5 Å². The number of amides is 1. The van der Waals surface area contributed by atoms with Gasteiger partial charge < -0.3 is 23.3 Å². The van der Waals surface area contributed by atoms with Crippen LogP contribution < -0.4 is 0 Å². The molecule has 0 aromatic heterocycles. The Bertz CT molecular complexity index is 361. The van der Waals surface area contributed by atoms with Gasteiger partial charge in [0.1, 0.15) is 0 Å². The summed E-state index contributed by atoms with van der Waals surface area (Å²) in [6, 6.07) is 0. The number of nitrogens with zero attached hydrogens (tertiary/aromatic N) is 2. The van der Waals surface area contributed by atoms with Crippen molar-refractivity contribution in [1.82, 2.24) is 9.80 Å². The normalized spacial score (nSPS) is 39.0. The van der Waals surface area contributed by atoms with E-state index >= 15 is 0 Å². The van der Waals surface area contributed by atoms with E-state index in [1.807, 2.05) is 20.8 Å². The fraction of sp³-hybridized carbons (Fsp3) is 0.929. The highest BCUT2D eigenvalue weighted by Gasteiger charge is 2.50. The van der Waals surface area contributed by atoms with Crippen molar-refractivity contribution in [1.29, 1.82) is 0 Å². The first-order chi connectivity index (χ1) is 10.3. The van der Waals surface area contributed by atoms with Gasteiger partial charge in [0.2, 0.25) is 5.91 Å². The van der Waals surface area contributed by atoms with Crippen LogP contribution in [0.15, 0.2) is 0 Å². The summed E-state index contributed by atoms with van der Waals surface area (Å²) in [6.45, 7) is 10.2. The number of hydrogen-bond donors (Lipinski definition) is 1. The predicted octanol–water partition coefficient (Wildman–Crippen LogP) is -0.150. The van der Waals surface area contributed by atoms with E-state index in [0.29, 0.717) is 6.17 Å². The summed E-state index contributed by atoms with van der Waals surface area (Å²) in [5.41, 5.74) is 0. The van der Waals surface area contributed by atoms with Crippen molar-refractivity contribution >= 4 is 14.7 Å². The quantitative estimate of drug-likeness (QED) is 0.722. The van der Waals surface area contributed by atoms with Gasteiger partial charge >= 0.3 is 8.80 Å². The predicted molar refractivity (Wildman–Crippen MR) is 83.2 cm³/mol. The molecule has 3 atom stereocenters. The fourth-order valence-corrected chi connectivity index (χ4v) is 6.54. The molecule has 0 aliphatic carbocycles. The molecule has 1 amide bonds. The standard InChI is InChI=1S/C14H28N2O5Si/c1-11-7-15-8-12(2)20-22(19-11,21-13(3)9-15)10-16(5-6-17)14(4)18/h11-13,17H,5-10H2,1-4H3/t11-,12-,13-/m0/s1. The van der Waals surface area contributed by atoms with Crippen LogP contribution in [0.5, 0.6) is 0 Å². The van der Waals surface area contributed by atoms with Crippen LogP contribution >= 0.6 is 0 Å². The Morgan fingerprint density at radius 2 is 1.59 bits per heavy atom. The summed E-state index contributed by atoms with van der Waals surface area (Å²) in [5, 5.41) is 9.19. The highest BCUT2D eigenvalue weighted by molar-refractivity contribution is 6.61. The number of carbonyl (C=O) groups is 1. The first-order valence-electron chi connectivity index (χ1n) is 7.95. The molecule has 1 N–H and O–H groups in total. The SMILES string of the molecule is CC(=O)N(CCO)C[Si]12O[C@@H](C)CN(C[C@H](C)O1)C[C@H](C)O2. The van der Waals surface area contributed by atoms with Gasteiger partial charge in [-0.3, -0.25) is 9.69 Å². The number of hydrogen-bond acceptors (Lipinski definition) is 6.